The first-order valence-electron chi connectivity index (χ1n) is 6.44. The molecule has 22 heavy (non-hydrogen) atoms. The molecule has 118 valence electrons. The molecule has 0 aliphatic heterocycles. The van der Waals surface area contributed by atoms with Crippen LogP contribution in [0.1, 0.15) is 0 Å². The van der Waals surface area contributed by atoms with Crippen LogP contribution in [0.3, 0.4) is 0 Å². The van der Waals surface area contributed by atoms with Crippen LogP contribution in [-0.4, -0.2) is 44.9 Å². The van der Waals surface area contributed by atoms with Crippen molar-refractivity contribution in [3.63, 3.8) is 0 Å². The van der Waals surface area contributed by atoms with E-state index >= 15 is 0 Å². The third-order valence-electron chi connectivity index (χ3n) is 2.81. The molecule has 2 rings (SSSR count). The van der Waals surface area contributed by atoms with Gasteiger partial charge in [0.15, 0.2) is 29.1 Å². The predicted molar refractivity (Wildman–Crippen MR) is 76.5 cm³/mol. The summed E-state index contributed by atoms with van der Waals surface area (Å²) in [6.07, 6.45) is -0.802. The van der Waals surface area contributed by atoms with Gasteiger partial charge < -0.3 is 35.0 Å². The molecule has 5 N–H and O–H groups in total. The van der Waals surface area contributed by atoms with Gasteiger partial charge in [-0.1, -0.05) is 0 Å². The number of hydrogen-bond acceptors (Lipinski definition) is 7. The van der Waals surface area contributed by atoms with E-state index in [4.69, 9.17) is 9.47 Å². The summed E-state index contributed by atoms with van der Waals surface area (Å²) >= 11 is 0. The van der Waals surface area contributed by atoms with Crippen molar-refractivity contribution < 1.29 is 35.0 Å². The van der Waals surface area contributed by atoms with Crippen molar-refractivity contribution in [2.45, 2.75) is 6.10 Å². The smallest absolute Gasteiger partial charge is 0.161 e. The topological polar surface area (TPSA) is 120 Å². The largest absolute Gasteiger partial charge is 0.508 e. The Balaban J connectivity index is 2.00. The van der Waals surface area contributed by atoms with Gasteiger partial charge in [0.05, 0.1) is 6.61 Å². The van der Waals surface area contributed by atoms with E-state index < -0.39 is 6.10 Å². The number of aliphatic hydroxyl groups excluding tert-OH is 1. The average molecular weight is 308 g/mol. The van der Waals surface area contributed by atoms with Crippen molar-refractivity contribution in [2.24, 2.45) is 0 Å². The van der Waals surface area contributed by atoms with Crippen molar-refractivity contribution in [3.05, 3.63) is 36.4 Å². The monoisotopic (exact) mass is 308 g/mol. The third-order valence-corrected chi connectivity index (χ3v) is 2.81. The minimum Gasteiger partial charge on any atom is -0.508 e. The summed E-state index contributed by atoms with van der Waals surface area (Å²) in [7, 11) is 0. The average Bonchev–Trinajstić information content (AvgIpc) is 2.47. The summed E-state index contributed by atoms with van der Waals surface area (Å²) in [5, 5.41) is 46.9. The van der Waals surface area contributed by atoms with E-state index in [1.54, 1.807) is 0 Å². The molecule has 1 unspecified atom stereocenters. The number of benzene rings is 2. The van der Waals surface area contributed by atoms with Crippen LogP contribution in [0, 0.1) is 0 Å². The maximum atomic E-state index is 9.62. The first-order valence-corrected chi connectivity index (χ1v) is 6.44. The van der Waals surface area contributed by atoms with Gasteiger partial charge in [0.2, 0.25) is 0 Å². The van der Waals surface area contributed by atoms with Gasteiger partial charge in [-0.2, -0.15) is 0 Å². The van der Waals surface area contributed by atoms with E-state index in [9.17, 15) is 25.5 Å². The first-order chi connectivity index (χ1) is 10.5. The number of aliphatic hydroxyl groups is 1. The summed E-state index contributed by atoms with van der Waals surface area (Å²) in [5.74, 6) is -0.537. The Morgan fingerprint density at radius 2 is 1.36 bits per heavy atom. The molecule has 0 aliphatic carbocycles. The molecule has 0 bridgehead atoms. The third kappa shape index (κ3) is 3.86. The minimum absolute atomic E-state index is 0.0791. The molecule has 1 atom stereocenters. The minimum atomic E-state index is -0.802. The zero-order chi connectivity index (χ0) is 16.1. The van der Waals surface area contributed by atoms with E-state index in [-0.39, 0.29) is 47.7 Å². The van der Waals surface area contributed by atoms with Gasteiger partial charge in [-0.3, -0.25) is 0 Å². The van der Waals surface area contributed by atoms with E-state index in [1.165, 1.54) is 24.3 Å². The fourth-order valence-electron chi connectivity index (χ4n) is 1.72. The maximum Gasteiger partial charge on any atom is 0.161 e. The van der Waals surface area contributed by atoms with Gasteiger partial charge in [0, 0.05) is 12.1 Å². The van der Waals surface area contributed by atoms with Gasteiger partial charge in [0.25, 0.3) is 0 Å². The highest BCUT2D eigenvalue weighted by atomic mass is 16.5. The van der Waals surface area contributed by atoms with Crippen molar-refractivity contribution in [3.8, 4) is 34.5 Å². The fourth-order valence-corrected chi connectivity index (χ4v) is 1.72. The molecule has 0 aliphatic rings. The molecule has 0 heterocycles. The zero-order valence-corrected chi connectivity index (χ0v) is 11.5. The van der Waals surface area contributed by atoms with E-state index in [0.29, 0.717) is 0 Å². The Hall–Kier alpha value is -2.80. The summed E-state index contributed by atoms with van der Waals surface area (Å²) in [5.41, 5.74) is 0. The Labute approximate surface area is 126 Å². The zero-order valence-electron chi connectivity index (χ0n) is 11.5. The summed E-state index contributed by atoms with van der Waals surface area (Å²) < 4.78 is 10.7. The summed E-state index contributed by atoms with van der Waals surface area (Å²) in [4.78, 5) is 0. The normalized spacial score (nSPS) is 11.9. The van der Waals surface area contributed by atoms with Crippen LogP contribution >= 0.6 is 0 Å². The van der Waals surface area contributed by atoms with Crippen LogP contribution < -0.4 is 9.47 Å². The lowest BCUT2D eigenvalue weighted by molar-refractivity contribution is 0.0687. The quantitative estimate of drug-likeness (QED) is 0.546. The molecular weight excluding hydrogens is 292 g/mol. The molecule has 0 saturated heterocycles. The van der Waals surface area contributed by atoms with Gasteiger partial charge in [-0.15, -0.1) is 0 Å². The highest BCUT2D eigenvalue weighted by molar-refractivity contribution is 5.44. The second kappa shape index (κ2) is 6.77. The van der Waals surface area contributed by atoms with Crippen molar-refractivity contribution in [2.75, 3.05) is 13.2 Å². The number of ether oxygens (including phenoxy) is 2. The molecule has 0 aromatic heterocycles. The SMILES string of the molecule is OCC(COc1ccc(O)cc1O)Oc1ccc(O)cc1O. The van der Waals surface area contributed by atoms with Crippen LogP contribution in [0.25, 0.3) is 0 Å². The van der Waals surface area contributed by atoms with Crippen LogP contribution in [0.15, 0.2) is 36.4 Å². The summed E-state index contributed by atoms with van der Waals surface area (Å²) in [6.45, 7) is -0.492. The maximum absolute atomic E-state index is 9.62. The lowest BCUT2D eigenvalue weighted by Gasteiger charge is -2.18. The van der Waals surface area contributed by atoms with Crippen molar-refractivity contribution in [1.82, 2.24) is 0 Å². The molecule has 0 radical (unpaired) electrons. The lowest BCUT2D eigenvalue weighted by Crippen LogP contribution is -2.28. The number of phenols is 4. The van der Waals surface area contributed by atoms with E-state index in [1.807, 2.05) is 0 Å². The Kier molecular flexibility index (Phi) is 4.80. The van der Waals surface area contributed by atoms with Gasteiger partial charge in [-0.05, 0) is 24.3 Å². The van der Waals surface area contributed by atoms with Crippen LogP contribution in [0.5, 0.6) is 34.5 Å². The number of aromatic hydroxyl groups is 4. The Morgan fingerprint density at radius 3 is 1.86 bits per heavy atom. The second-order valence-electron chi connectivity index (χ2n) is 4.54. The molecule has 0 fully saturated rings. The predicted octanol–water partition coefficient (Wildman–Crippen LogP) is 1.33. The molecule has 2 aromatic carbocycles. The standard InChI is InChI=1S/C15H16O7/c16-7-11(22-15-4-2-10(18)6-13(15)20)8-21-14-3-1-9(17)5-12(14)19/h1-6,11,16-20H,7-8H2. The molecular formula is C15H16O7. The molecule has 7 nitrogen and oxygen atoms in total. The van der Waals surface area contributed by atoms with Crippen LogP contribution in [0.4, 0.5) is 0 Å². The molecule has 0 spiro atoms. The Bertz CT molecular complexity index is 642. The van der Waals surface area contributed by atoms with Gasteiger partial charge in [0.1, 0.15) is 18.1 Å². The molecule has 0 amide bonds. The summed E-state index contributed by atoms with van der Waals surface area (Å²) in [6, 6.07) is 7.63. The van der Waals surface area contributed by atoms with E-state index in [2.05, 4.69) is 0 Å². The lowest BCUT2D eigenvalue weighted by atomic mass is 10.3. The highest BCUT2D eigenvalue weighted by Crippen LogP contribution is 2.31. The van der Waals surface area contributed by atoms with Gasteiger partial charge >= 0.3 is 0 Å². The number of hydrogen-bond donors (Lipinski definition) is 5. The molecule has 7 heteroatoms. The van der Waals surface area contributed by atoms with Gasteiger partial charge in [-0.25, -0.2) is 0 Å². The number of phenolic OH excluding ortho intramolecular Hbond substituents is 4. The fraction of sp³-hybridized carbons (Fsp3) is 0.200. The number of rotatable bonds is 6. The molecule has 2 aromatic rings. The molecule has 0 saturated carbocycles. The van der Waals surface area contributed by atoms with Crippen LogP contribution in [-0.2, 0) is 0 Å². The van der Waals surface area contributed by atoms with Crippen LogP contribution in [0.2, 0.25) is 0 Å². The second-order valence-corrected chi connectivity index (χ2v) is 4.54. The first kappa shape index (κ1) is 15.6. The van der Waals surface area contributed by atoms with Crippen molar-refractivity contribution >= 4 is 0 Å². The Morgan fingerprint density at radius 1 is 0.818 bits per heavy atom. The highest BCUT2D eigenvalue weighted by Gasteiger charge is 2.14. The van der Waals surface area contributed by atoms with Crippen molar-refractivity contribution in [1.29, 1.82) is 0 Å². The van der Waals surface area contributed by atoms with E-state index in [0.717, 1.165) is 12.1 Å².